The molecule has 7 nitrogen and oxygen atoms in total. The minimum Gasteiger partial charge on any atom is -0.493 e. The predicted molar refractivity (Wildman–Crippen MR) is 143 cm³/mol. The zero-order chi connectivity index (χ0) is 26.9. The zero-order valence-corrected chi connectivity index (χ0v) is 21.8. The highest BCUT2D eigenvalue weighted by Crippen LogP contribution is 2.37. The lowest BCUT2D eigenvalue weighted by molar-refractivity contribution is -0.112. The van der Waals surface area contributed by atoms with E-state index in [0.717, 1.165) is 16.7 Å². The van der Waals surface area contributed by atoms with Crippen molar-refractivity contribution < 1.29 is 23.8 Å². The fourth-order valence-corrected chi connectivity index (χ4v) is 3.96. The number of halogens is 1. The van der Waals surface area contributed by atoms with Crippen LogP contribution in [0.4, 0.5) is 5.69 Å². The molecule has 1 amide bonds. The molecule has 0 radical (unpaired) electrons. The predicted octanol–water partition coefficient (Wildman–Crippen LogP) is 6.27. The fourth-order valence-electron chi connectivity index (χ4n) is 3.69. The van der Waals surface area contributed by atoms with E-state index < -0.39 is 11.9 Å². The summed E-state index contributed by atoms with van der Waals surface area (Å²) < 4.78 is 16.4. The smallest absolute Gasteiger partial charge is 0.338 e. The molecule has 3 aromatic rings. The Balaban J connectivity index is 1.77. The third-order valence-electron chi connectivity index (χ3n) is 5.25. The number of anilines is 1. The maximum absolute atomic E-state index is 12.7. The average Bonchev–Trinajstić information content (AvgIpc) is 2.86. The molecule has 0 heterocycles. The van der Waals surface area contributed by atoms with Gasteiger partial charge >= 0.3 is 5.97 Å². The number of aryl methyl sites for hydroxylation is 2. The van der Waals surface area contributed by atoms with Crippen LogP contribution in [0.15, 0.2) is 60.2 Å². The second-order valence-corrected chi connectivity index (χ2v) is 8.65. The van der Waals surface area contributed by atoms with Gasteiger partial charge in [-0.2, -0.15) is 5.26 Å². The number of nitriles is 1. The van der Waals surface area contributed by atoms with Gasteiger partial charge in [0.25, 0.3) is 5.91 Å². The van der Waals surface area contributed by atoms with Crippen LogP contribution in [0.25, 0.3) is 6.08 Å². The van der Waals surface area contributed by atoms with Gasteiger partial charge in [0.1, 0.15) is 18.2 Å². The van der Waals surface area contributed by atoms with Crippen molar-refractivity contribution in [2.45, 2.75) is 27.4 Å². The van der Waals surface area contributed by atoms with Crippen LogP contribution in [0, 0.1) is 25.2 Å². The SMILES string of the molecule is CCOC(=O)c1ccc(NC(=O)/C(C#N)=C/c2cc(Cl)c(OCc3cc(C)cc(C)c3)c(OC)c2)cc1. The van der Waals surface area contributed by atoms with Crippen molar-refractivity contribution in [3.63, 3.8) is 0 Å². The van der Waals surface area contributed by atoms with E-state index in [0.29, 0.717) is 34.9 Å². The van der Waals surface area contributed by atoms with Crippen molar-refractivity contribution in [2.75, 3.05) is 19.0 Å². The number of carbonyl (C=O) groups excluding carboxylic acids is 2. The van der Waals surface area contributed by atoms with Gasteiger partial charge in [-0.15, -0.1) is 0 Å². The molecule has 3 rings (SSSR count). The number of hydrogen-bond donors (Lipinski definition) is 1. The normalized spacial score (nSPS) is 10.9. The number of amides is 1. The molecule has 37 heavy (non-hydrogen) atoms. The summed E-state index contributed by atoms with van der Waals surface area (Å²) in [6.45, 7) is 6.33. The molecule has 0 spiro atoms. The molecule has 0 aliphatic heterocycles. The molecule has 190 valence electrons. The molecular weight excluding hydrogens is 492 g/mol. The highest BCUT2D eigenvalue weighted by molar-refractivity contribution is 6.32. The maximum Gasteiger partial charge on any atom is 0.338 e. The van der Waals surface area contributed by atoms with Crippen LogP contribution < -0.4 is 14.8 Å². The Morgan fingerprint density at radius 2 is 1.73 bits per heavy atom. The van der Waals surface area contributed by atoms with Gasteiger partial charge in [0.05, 0.1) is 24.3 Å². The fraction of sp³-hybridized carbons (Fsp3) is 0.207. The van der Waals surface area contributed by atoms with Crippen molar-refractivity contribution in [2.24, 2.45) is 0 Å². The third kappa shape index (κ3) is 7.35. The Bertz CT molecular complexity index is 1350. The van der Waals surface area contributed by atoms with Crippen LogP contribution in [-0.2, 0) is 16.1 Å². The maximum atomic E-state index is 12.7. The van der Waals surface area contributed by atoms with Crippen molar-refractivity contribution in [1.82, 2.24) is 0 Å². The minimum absolute atomic E-state index is 0.142. The lowest BCUT2D eigenvalue weighted by atomic mass is 10.1. The van der Waals surface area contributed by atoms with E-state index >= 15 is 0 Å². The van der Waals surface area contributed by atoms with E-state index in [4.69, 9.17) is 25.8 Å². The number of rotatable bonds is 9. The van der Waals surface area contributed by atoms with E-state index in [1.54, 1.807) is 31.2 Å². The van der Waals surface area contributed by atoms with Gasteiger partial charge in [-0.3, -0.25) is 4.79 Å². The number of ether oxygens (including phenoxy) is 3. The van der Waals surface area contributed by atoms with E-state index in [1.807, 2.05) is 32.0 Å². The first-order chi connectivity index (χ1) is 17.7. The average molecular weight is 519 g/mol. The highest BCUT2D eigenvalue weighted by atomic mass is 35.5. The first kappa shape index (κ1) is 27.3. The number of nitrogens with zero attached hydrogens (tertiary/aromatic N) is 1. The first-order valence-corrected chi connectivity index (χ1v) is 11.9. The monoisotopic (exact) mass is 518 g/mol. The zero-order valence-electron chi connectivity index (χ0n) is 21.1. The lowest BCUT2D eigenvalue weighted by Gasteiger charge is -2.14. The van der Waals surface area contributed by atoms with Crippen LogP contribution in [0.5, 0.6) is 11.5 Å². The molecule has 0 saturated heterocycles. The van der Waals surface area contributed by atoms with Gasteiger partial charge in [-0.25, -0.2) is 4.79 Å². The molecular formula is C29H27ClN2O5. The topological polar surface area (TPSA) is 97.7 Å². The molecule has 1 N–H and O–H groups in total. The van der Waals surface area contributed by atoms with E-state index in [9.17, 15) is 14.9 Å². The number of esters is 1. The second-order valence-electron chi connectivity index (χ2n) is 8.24. The van der Waals surface area contributed by atoms with Gasteiger partial charge in [0.15, 0.2) is 11.5 Å². The summed E-state index contributed by atoms with van der Waals surface area (Å²) in [6.07, 6.45) is 1.41. The molecule has 0 atom stereocenters. The Morgan fingerprint density at radius 1 is 1.05 bits per heavy atom. The van der Waals surface area contributed by atoms with Crippen molar-refractivity contribution >= 4 is 35.2 Å². The first-order valence-electron chi connectivity index (χ1n) is 11.5. The number of nitrogens with one attached hydrogen (secondary N) is 1. The second kappa shape index (κ2) is 12.6. The van der Waals surface area contributed by atoms with Gasteiger partial charge < -0.3 is 19.5 Å². The quantitative estimate of drug-likeness (QED) is 0.204. The number of benzene rings is 3. The van der Waals surface area contributed by atoms with Gasteiger partial charge in [0, 0.05) is 5.69 Å². The molecule has 3 aromatic carbocycles. The molecule has 0 aliphatic rings. The van der Waals surface area contributed by atoms with Gasteiger partial charge in [-0.1, -0.05) is 40.9 Å². The Kier molecular flexibility index (Phi) is 9.31. The van der Waals surface area contributed by atoms with Crippen molar-refractivity contribution in [3.05, 3.63) is 93.0 Å². The minimum atomic E-state index is -0.614. The van der Waals surface area contributed by atoms with Crippen LogP contribution >= 0.6 is 11.6 Å². The summed E-state index contributed by atoms with van der Waals surface area (Å²) in [5.41, 5.74) is 4.39. The van der Waals surface area contributed by atoms with Crippen LogP contribution in [-0.4, -0.2) is 25.6 Å². The Morgan fingerprint density at radius 3 is 2.32 bits per heavy atom. The van der Waals surface area contributed by atoms with E-state index in [2.05, 4.69) is 11.4 Å². The number of hydrogen-bond acceptors (Lipinski definition) is 6. The summed E-state index contributed by atoms with van der Waals surface area (Å²) in [6, 6.07) is 17.5. The molecule has 8 heteroatoms. The Hall–Kier alpha value is -4.28. The summed E-state index contributed by atoms with van der Waals surface area (Å²) in [7, 11) is 1.49. The van der Waals surface area contributed by atoms with E-state index in [1.165, 1.54) is 25.3 Å². The molecule has 0 saturated carbocycles. The van der Waals surface area contributed by atoms with Gasteiger partial charge in [0.2, 0.25) is 0 Å². The highest BCUT2D eigenvalue weighted by Gasteiger charge is 2.15. The summed E-state index contributed by atoms with van der Waals surface area (Å²) in [4.78, 5) is 24.5. The molecule has 0 fully saturated rings. The molecule has 0 aromatic heterocycles. The summed E-state index contributed by atoms with van der Waals surface area (Å²) >= 11 is 6.49. The van der Waals surface area contributed by atoms with Crippen LogP contribution in [0.2, 0.25) is 5.02 Å². The standard InChI is InChI=1S/C29H27ClN2O5/c1-5-36-29(34)22-6-8-24(9-7-22)32-28(33)23(16-31)13-20-14-25(30)27(26(15-20)35-4)37-17-21-11-18(2)10-19(3)12-21/h6-15H,5,17H2,1-4H3,(H,32,33)/b23-13+. The van der Waals surface area contributed by atoms with Crippen LogP contribution in [0.1, 0.15) is 39.5 Å². The molecule has 0 aliphatic carbocycles. The van der Waals surface area contributed by atoms with E-state index in [-0.39, 0.29) is 17.2 Å². The molecule has 0 unspecified atom stereocenters. The van der Waals surface area contributed by atoms with Crippen molar-refractivity contribution in [1.29, 1.82) is 5.26 Å². The Labute approximate surface area is 221 Å². The summed E-state index contributed by atoms with van der Waals surface area (Å²) in [5.74, 6) is -0.331. The summed E-state index contributed by atoms with van der Waals surface area (Å²) in [5, 5.41) is 12.5. The van der Waals surface area contributed by atoms with Gasteiger partial charge in [-0.05, 0) is 74.4 Å². The van der Waals surface area contributed by atoms with Crippen molar-refractivity contribution in [3.8, 4) is 17.6 Å². The third-order valence-corrected chi connectivity index (χ3v) is 5.53. The van der Waals surface area contributed by atoms with Crippen LogP contribution in [0.3, 0.4) is 0 Å². The largest absolute Gasteiger partial charge is 0.493 e. The molecule has 0 bridgehead atoms. The number of carbonyl (C=O) groups is 2. The number of methoxy groups -OCH3 is 1. The lowest BCUT2D eigenvalue weighted by Crippen LogP contribution is -2.13.